The number of halogens is 1. The Balaban J connectivity index is 4.34. The van der Waals surface area contributed by atoms with Crippen molar-refractivity contribution in [1.29, 1.82) is 0 Å². The van der Waals surface area contributed by atoms with Crippen LogP contribution in [0.25, 0.3) is 0 Å². The van der Waals surface area contributed by atoms with Crippen LogP contribution in [0.1, 0.15) is 26.7 Å². The average Bonchev–Trinajstić information content (AvgIpc) is 2.29. The van der Waals surface area contributed by atoms with Gasteiger partial charge in [0.15, 0.2) is 5.78 Å². The molecule has 0 N–H and O–H groups in total. The van der Waals surface area contributed by atoms with Gasteiger partial charge in [-0.2, -0.15) is 0 Å². The van der Waals surface area contributed by atoms with Crippen LogP contribution >= 0.6 is 15.9 Å². The van der Waals surface area contributed by atoms with Gasteiger partial charge in [-0.1, -0.05) is 15.9 Å². The van der Waals surface area contributed by atoms with Crippen LogP contribution in [-0.2, 0) is 23.9 Å². The lowest BCUT2D eigenvalue weighted by Crippen LogP contribution is -2.28. The van der Waals surface area contributed by atoms with Gasteiger partial charge in [0, 0.05) is 6.42 Å². The topological polar surface area (TPSA) is 69.7 Å². The molecule has 0 saturated heterocycles. The molecule has 1 atom stereocenters. The van der Waals surface area contributed by atoms with E-state index in [1.807, 2.05) is 0 Å². The molecule has 0 spiro atoms. The van der Waals surface area contributed by atoms with Gasteiger partial charge in [0.1, 0.15) is 5.92 Å². The second-order valence-electron chi connectivity index (χ2n) is 3.25. The van der Waals surface area contributed by atoms with E-state index in [0.29, 0.717) is 0 Å². The fourth-order valence-corrected chi connectivity index (χ4v) is 1.63. The number of alkyl halides is 1. The molecule has 0 aromatic carbocycles. The summed E-state index contributed by atoms with van der Waals surface area (Å²) in [6.07, 6.45) is 0.165. The predicted octanol–water partition coefficient (Wildman–Crippen LogP) is 1.47. The van der Waals surface area contributed by atoms with Crippen LogP contribution in [0.15, 0.2) is 0 Å². The molecule has 6 heteroatoms. The van der Waals surface area contributed by atoms with E-state index in [2.05, 4.69) is 15.9 Å². The summed E-state index contributed by atoms with van der Waals surface area (Å²) in [5.41, 5.74) is 0. The summed E-state index contributed by atoms with van der Waals surface area (Å²) in [5.74, 6) is -2.17. The quantitative estimate of drug-likeness (QED) is 0.386. The van der Waals surface area contributed by atoms with Crippen LogP contribution in [0.4, 0.5) is 0 Å². The maximum Gasteiger partial charge on any atom is 0.316 e. The van der Waals surface area contributed by atoms with Crippen LogP contribution in [0.5, 0.6) is 0 Å². The molecule has 5 nitrogen and oxygen atoms in total. The van der Waals surface area contributed by atoms with E-state index in [4.69, 9.17) is 9.47 Å². The Morgan fingerprint density at radius 3 is 2.18 bits per heavy atom. The van der Waals surface area contributed by atoms with Crippen molar-refractivity contribution in [2.24, 2.45) is 5.92 Å². The fourth-order valence-electron chi connectivity index (χ4n) is 1.24. The Morgan fingerprint density at radius 2 is 1.71 bits per heavy atom. The van der Waals surface area contributed by atoms with E-state index < -0.39 is 17.9 Å². The molecule has 0 aliphatic carbocycles. The normalized spacial score (nSPS) is 11.7. The summed E-state index contributed by atoms with van der Waals surface area (Å²) in [6.45, 7) is 3.86. The first-order chi connectivity index (χ1) is 8.06. The van der Waals surface area contributed by atoms with Gasteiger partial charge < -0.3 is 9.47 Å². The smallest absolute Gasteiger partial charge is 0.316 e. The van der Waals surface area contributed by atoms with Gasteiger partial charge in [-0.15, -0.1) is 0 Å². The van der Waals surface area contributed by atoms with Gasteiger partial charge in [-0.25, -0.2) is 0 Å². The summed E-state index contributed by atoms with van der Waals surface area (Å²) in [6, 6.07) is 0. The zero-order valence-electron chi connectivity index (χ0n) is 10.0. The maximum atomic E-state index is 11.5. The van der Waals surface area contributed by atoms with E-state index >= 15 is 0 Å². The second kappa shape index (κ2) is 9.15. The van der Waals surface area contributed by atoms with Gasteiger partial charge >= 0.3 is 11.9 Å². The number of carbonyl (C=O) groups is 3. The third-order valence-electron chi connectivity index (χ3n) is 2.03. The molecule has 0 aliphatic rings. The monoisotopic (exact) mass is 308 g/mol. The van der Waals surface area contributed by atoms with Crippen LogP contribution in [0.3, 0.4) is 0 Å². The highest BCUT2D eigenvalue weighted by Crippen LogP contribution is 2.12. The predicted molar refractivity (Wildman–Crippen MR) is 64.8 cm³/mol. The molecule has 0 aromatic heterocycles. The van der Waals surface area contributed by atoms with E-state index in [0.717, 1.165) is 0 Å². The van der Waals surface area contributed by atoms with E-state index in [1.54, 1.807) is 13.8 Å². The van der Waals surface area contributed by atoms with Crippen molar-refractivity contribution in [1.82, 2.24) is 0 Å². The number of Topliss-reactive ketones (excluding diaryl/α,β-unsaturated/α-hetero) is 1. The summed E-state index contributed by atoms with van der Waals surface area (Å²) in [4.78, 5) is 34.1. The van der Waals surface area contributed by atoms with E-state index in [-0.39, 0.29) is 37.2 Å². The highest BCUT2D eigenvalue weighted by Gasteiger charge is 2.27. The first kappa shape index (κ1) is 16.1. The average molecular weight is 309 g/mol. The molecule has 0 rings (SSSR count). The first-order valence-corrected chi connectivity index (χ1v) is 6.59. The number of ketones is 1. The van der Waals surface area contributed by atoms with Crippen LogP contribution in [0, 0.1) is 5.92 Å². The van der Waals surface area contributed by atoms with Gasteiger partial charge in [-0.05, 0) is 20.3 Å². The second-order valence-corrected chi connectivity index (χ2v) is 3.81. The molecule has 0 aromatic rings. The molecular weight excluding hydrogens is 292 g/mol. The van der Waals surface area contributed by atoms with Gasteiger partial charge in [0.2, 0.25) is 0 Å². The van der Waals surface area contributed by atoms with Crippen LogP contribution < -0.4 is 0 Å². The Kier molecular flexibility index (Phi) is 8.66. The Hall–Kier alpha value is -0.910. The highest BCUT2D eigenvalue weighted by atomic mass is 79.9. The third kappa shape index (κ3) is 6.41. The third-order valence-corrected chi connectivity index (χ3v) is 2.59. The minimum absolute atomic E-state index is 0.0378. The zero-order chi connectivity index (χ0) is 13.3. The first-order valence-electron chi connectivity index (χ1n) is 5.47. The molecule has 0 fully saturated rings. The van der Waals surface area contributed by atoms with Crippen molar-refractivity contribution in [3.63, 3.8) is 0 Å². The Bertz CT molecular complexity index is 277. The summed E-state index contributed by atoms with van der Waals surface area (Å²) < 4.78 is 9.52. The number of rotatable bonds is 8. The summed E-state index contributed by atoms with van der Waals surface area (Å²) in [5, 5.41) is 0.0688. The van der Waals surface area contributed by atoms with Crippen molar-refractivity contribution >= 4 is 33.7 Å². The fraction of sp³-hybridized carbons (Fsp3) is 0.727. The van der Waals surface area contributed by atoms with E-state index in [1.165, 1.54) is 0 Å². The SMILES string of the molecule is CCOC(=O)CCC(C(=O)CBr)C(=O)OCC. The molecule has 0 radical (unpaired) electrons. The number of esters is 2. The lowest BCUT2D eigenvalue weighted by atomic mass is 9.99. The van der Waals surface area contributed by atoms with Crippen molar-refractivity contribution in [2.45, 2.75) is 26.7 Å². The number of hydrogen-bond donors (Lipinski definition) is 0. The van der Waals surface area contributed by atoms with Gasteiger partial charge in [-0.3, -0.25) is 14.4 Å². The lowest BCUT2D eigenvalue weighted by molar-refractivity contribution is -0.151. The molecule has 98 valence electrons. The lowest BCUT2D eigenvalue weighted by Gasteiger charge is -2.12. The number of carbonyl (C=O) groups excluding carboxylic acids is 3. The standard InChI is InChI=1S/C11H17BrO5/c1-3-16-10(14)6-5-8(9(13)7-12)11(15)17-4-2/h8H,3-7H2,1-2H3. The minimum Gasteiger partial charge on any atom is -0.466 e. The molecule has 0 bridgehead atoms. The molecule has 17 heavy (non-hydrogen) atoms. The summed E-state index contributed by atoms with van der Waals surface area (Å²) in [7, 11) is 0. The van der Waals surface area contributed by atoms with Crippen molar-refractivity contribution < 1.29 is 23.9 Å². The summed E-state index contributed by atoms with van der Waals surface area (Å²) >= 11 is 3.00. The minimum atomic E-state index is -0.890. The van der Waals surface area contributed by atoms with Gasteiger partial charge in [0.25, 0.3) is 0 Å². The van der Waals surface area contributed by atoms with Gasteiger partial charge in [0.05, 0.1) is 18.5 Å². The van der Waals surface area contributed by atoms with Crippen LogP contribution in [-0.4, -0.2) is 36.3 Å². The number of ether oxygens (including phenoxy) is 2. The molecular formula is C11H17BrO5. The molecule has 0 amide bonds. The van der Waals surface area contributed by atoms with Crippen LogP contribution in [0.2, 0.25) is 0 Å². The molecule has 0 aliphatic heterocycles. The Labute approximate surface area is 109 Å². The van der Waals surface area contributed by atoms with Crippen molar-refractivity contribution in [3.05, 3.63) is 0 Å². The molecule has 0 saturated carbocycles. The van der Waals surface area contributed by atoms with Crippen molar-refractivity contribution in [3.8, 4) is 0 Å². The molecule has 0 heterocycles. The Morgan fingerprint density at radius 1 is 1.12 bits per heavy atom. The molecule has 1 unspecified atom stereocenters. The maximum absolute atomic E-state index is 11.5. The zero-order valence-corrected chi connectivity index (χ0v) is 11.6. The number of hydrogen-bond acceptors (Lipinski definition) is 5. The largest absolute Gasteiger partial charge is 0.466 e. The highest BCUT2D eigenvalue weighted by molar-refractivity contribution is 9.09. The van der Waals surface area contributed by atoms with E-state index in [9.17, 15) is 14.4 Å². The van der Waals surface area contributed by atoms with Crippen molar-refractivity contribution in [2.75, 3.05) is 18.5 Å².